The summed E-state index contributed by atoms with van der Waals surface area (Å²) in [5.74, 6) is -0.347. The molecule has 0 heterocycles. The molecule has 0 saturated heterocycles. The van der Waals surface area contributed by atoms with Gasteiger partial charge >= 0.3 is 5.97 Å². The van der Waals surface area contributed by atoms with Crippen LogP contribution in [0.2, 0.25) is 0 Å². The van der Waals surface area contributed by atoms with Gasteiger partial charge in [-0.3, -0.25) is 0 Å². The Hall–Kier alpha value is -1.77. The van der Waals surface area contributed by atoms with Crippen LogP contribution in [-0.2, 0) is 9.53 Å². The summed E-state index contributed by atoms with van der Waals surface area (Å²) in [7, 11) is 3.21. The fourth-order valence-corrected chi connectivity index (χ4v) is 1.03. The van der Waals surface area contributed by atoms with Crippen molar-refractivity contribution in [1.82, 2.24) is 0 Å². The van der Waals surface area contributed by atoms with Crippen LogP contribution in [0, 0.1) is 0 Å². The second-order valence-corrected chi connectivity index (χ2v) is 2.73. The number of benzene rings is 1. The van der Waals surface area contributed by atoms with Gasteiger partial charge in [-0.15, -0.1) is 0 Å². The highest BCUT2D eigenvalue weighted by molar-refractivity contribution is 5.87. The molecule has 0 radical (unpaired) electrons. The molecule has 0 aliphatic heterocycles. The standard InChI is InChI=1S/C11H13NO2.2C2H6/c1-12-10-5-3-4-9(8-10)6-7-11(13)14-2;2*1-2/h3-8,12H,1-2H3;2*1-2H3/b7-6+;;. The molecule has 0 fully saturated rings. The van der Waals surface area contributed by atoms with Crippen LogP contribution in [0.3, 0.4) is 0 Å². The number of hydrogen-bond donors (Lipinski definition) is 1. The van der Waals surface area contributed by atoms with E-state index in [1.165, 1.54) is 13.2 Å². The number of hydrogen-bond acceptors (Lipinski definition) is 3. The molecule has 3 heteroatoms. The third kappa shape index (κ3) is 8.39. The molecule has 3 nitrogen and oxygen atoms in total. The second kappa shape index (κ2) is 13.3. The Balaban J connectivity index is 0. The maximum atomic E-state index is 10.8. The highest BCUT2D eigenvalue weighted by Gasteiger charge is 1.92. The van der Waals surface area contributed by atoms with Crippen molar-refractivity contribution >= 4 is 17.7 Å². The van der Waals surface area contributed by atoms with E-state index in [1.54, 1.807) is 6.08 Å². The van der Waals surface area contributed by atoms with Gasteiger partial charge in [-0.1, -0.05) is 39.8 Å². The van der Waals surface area contributed by atoms with Crippen LogP contribution < -0.4 is 5.32 Å². The molecule has 102 valence electrons. The third-order valence-electron chi connectivity index (χ3n) is 1.79. The predicted octanol–water partition coefficient (Wildman–Crippen LogP) is 3.97. The van der Waals surface area contributed by atoms with Gasteiger partial charge in [0.1, 0.15) is 0 Å². The Labute approximate surface area is 111 Å². The molecule has 0 amide bonds. The minimum absolute atomic E-state index is 0.347. The van der Waals surface area contributed by atoms with Gasteiger partial charge in [0, 0.05) is 18.8 Å². The molecule has 1 rings (SSSR count). The van der Waals surface area contributed by atoms with Gasteiger partial charge in [-0.25, -0.2) is 4.79 Å². The van der Waals surface area contributed by atoms with Gasteiger partial charge in [0.15, 0.2) is 0 Å². The van der Waals surface area contributed by atoms with Crippen LogP contribution in [-0.4, -0.2) is 20.1 Å². The van der Waals surface area contributed by atoms with E-state index in [9.17, 15) is 4.79 Å². The average molecular weight is 251 g/mol. The van der Waals surface area contributed by atoms with E-state index in [4.69, 9.17) is 0 Å². The van der Waals surface area contributed by atoms with Gasteiger partial charge in [-0.2, -0.15) is 0 Å². The fraction of sp³-hybridized carbons (Fsp3) is 0.400. The Morgan fingerprint density at radius 1 is 1.22 bits per heavy atom. The van der Waals surface area contributed by atoms with E-state index >= 15 is 0 Å². The average Bonchev–Trinajstić information content (AvgIpc) is 2.49. The van der Waals surface area contributed by atoms with E-state index in [0.29, 0.717) is 0 Å². The van der Waals surface area contributed by atoms with Crippen LogP contribution in [0.1, 0.15) is 33.3 Å². The van der Waals surface area contributed by atoms with E-state index in [0.717, 1.165) is 11.3 Å². The largest absolute Gasteiger partial charge is 0.466 e. The lowest BCUT2D eigenvalue weighted by molar-refractivity contribution is -0.134. The monoisotopic (exact) mass is 251 g/mol. The number of anilines is 1. The van der Waals surface area contributed by atoms with Gasteiger partial charge in [0.2, 0.25) is 0 Å². The van der Waals surface area contributed by atoms with E-state index in [1.807, 2.05) is 59.0 Å². The minimum Gasteiger partial charge on any atom is -0.466 e. The lowest BCUT2D eigenvalue weighted by Gasteiger charge is -2.00. The summed E-state index contributed by atoms with van der Waals surface area (Å²) in [5, 5.41) is 3.02. The number of nitrogens with one attached hydrogen (secondary N) is 1. The van der Waals surface area contributed by atoms with Crippen LogP contribution in [0.15, 0.2) is 30.3 Å². The number of ether oxygens (including phenoxy) is 1. The quantitative estimate of drug-likeness (QED) is 0.652. The fourth-order valence-electron chi connectivity index (χ4n) is 1.03. The first kappa shape index (κ1) is 18.6. The summed E-state index contributed by atoms with van der Waals surface area (Å²) in [4.78, 5) is 10.8. The van der Waals surface area contributed by atoms with Crippen LogP contribution >= 0.6 is 0 Å². The van der Waals surface area contributed by atoms with Crippen molar-refractivity contribution in [3.05, 3.63) is 35.9 Å². The van der Waals surface area contributed by atoms with Crippen LogP contribution in [0.25, 0.3) is 6.08 Å². The van der Waals surface area contributed by atoms with Crippen LogP contribution in [0.5, 0.6) is 0 Å². The Kier molecular flexibility index (Phi) is 13.7. The smallest absolute Gasteiger partial charge is 0.330 e. The first-order valence-electron chi connectivity index (χ1n) is 6.30. The summed E-state index contributed by atoms with van der Waals surface area (Å²) in [6.07, 6.45) is 3.11. The maximum Gasteiger partial charge on any atom is 0.330 e. The zero-order chi connectivity index (χ0) is 14.4. The summed E-state index contributed by atoms with van der Waals surface area (Å²) >= 11 is 0. The van der Waals surface area contributed by atoms with Gasteiger partial charge in [0.05, 0.1) is 7.11 Å². The van der Waals surface area contributed by atoms with Gasteiger partial charge < -0.3 is 10.1 Å². The zero-order valence-electron chi connectivity index (χ0n) is 12.3. The molecule has 0 atom stereocenters. The van der Waals surface area contributed by atoms with Crippen LogP contribution in [0.4, 0.5) is 5.69 Å². The van der Waals surface area contributed by atoms with E-state index in [-0.39, 0.29) is 5.97 Å². The first-order valence-corrected chi connectivity index (χ1v) is 6.30. The highest BCUT2D eigenvalue weighted by atomic mass is 16.5. The topological polar surface area (TPSA) is 38.3 Å². The maximum absolute atomic E-state index is 10.8. The molecular formula is C15H25NO2. The van der Waals surface area contributed by atoms with Crippen molar-refractivity contribution in [2.24, 2.45) is 0 Å². The lowest BCUT2D eigenvalue weighted by Crippen LogP contribution is -1.93. The summed E-state index contributed by atoms with van der Waals surface area (Å²) in [6, 6.07) is 7.73. The van der Waals surface area contributed by atoms with Gasteiger partial charge in [-0.05, 0) is 23.8 Å². The molecule has 0 saturated carbocycles. The molecule has 1 N–H and O–H groups in total. The van der Waals surface area contributed by atoms with E-state index < -0.39 is 0 Å². The van der Waals surface area contributed by atoms with Crippen molar-refractivity contribution in [2.75, 3.05) is 19.5 Å². The predicted molar refractivity (Wildman–Crippen MR) is 79.7 cm³/mol. The molecule has 0 aliphatic carbocycles. The van der Waals surface area contributed by atoms with E-state index in [2.05, 4.69) is 10.1 Å². The molecule has 18 heavy (non-hydrogen) atoms. The number of rotatable bonds is 3. The minimum atomic E-state index is -0.347. The lowest BCUT2D eigenvalue weighted by atomic mass is 10.2. The second-order valence-electron chi connectivity index (χ2n) is 2.73. The van der Waals surface area contributed by atoms with Gasteiger partial charge in [0.25, 0.3) is 0 Å². The molecular weight excluding hydrogens is 226 g/mol. The molecule has 0 bridgehead atoms. The number of methoxy groups -OCH3 is 1. The van der Waals surface area contributed by atoms with Crippen molar-refractivity contribution < 1.29 is 9.53 Å². The Morgan fingerprint density at radius 3 is 2.33 bits per heavy atom. The number of esters is 1. The SMILES string of the molecule is CC.CC.CNc1cccc(/C=C/C(=O)OC)c1. The highest BCUT2D eigenvalue weighted by Crippen LogP contribution is 2.10. The summed E-state index contributed by atoms with van der Waals surface area (Å²) in [6.45, 7) is 8.00. The number of carbonyl (C=O) groups is 1. The van der Waals surface area contributed by atoms with Crippen molar-refractivity contribution in [3.8, 4) is 0 Å². The molecule has 1 aromatic carbocycles. The molecule has 0 spiro atoms. The molecule has 0 aliphatic rings. The summed E-state index contributed by atoms with van der Waals surface area (Å²) in [5.41, 5.74) is 1.97. The molecule has 0 unspecified atom stereocenters. The van der Waals surface area contributed by atoms with Crippen molar-refractivity contribution in [2.45, 2.75) is 27.7 Å². The normalized spacial score (nSPS) is 8.56. The van der Waals surface area contributed by atoms with Crippen molar-refractivity contribution in [1.29, 1.82) is 0 Å². The number of carbonyl (C=O) groups excluding carboxylic acids is 1. The zero-order valence-corrected chi connectivity index (χ0v) is 12.3. The van der Waals surface area contributed by atoms with Crippen molar-refractivity contribution in [3.63, 3.8) is 0 Å². The Bertz CT molecular complexity index is 346. The third-order valence-corrected chi connectivity index (χ3v) is 1.79. The Morgan fingerprint density at radius 2 is 1.83 bits per heavy atom. The first-order chi connectivity index (χ1) is 8.76. The summed E-state index contributed by atoms with van der Waals surface area (Å²) < 4.78 is 4.49. The molecule has 1 aromatic rings. The molecule has 0 aromatic heterocycles.